The summed E-state index contributed by atoms with van der Waals surface area (Å²) in [6.07, 6.45) is 8.16. The van der Waals surface area contributed by atoms with Gasteiger partial charge in [0.05, 0.1) is 13.3 Å². The van der Waals surface area contributed by atoms with Gasteiger partial charge in [-0.3, -0.25) is 4.55 Å². The molecule has 0 aromatic rings. The molecule has 21 heavy (non-hydrogen) atoms. The van der Waals surface area contributed by atoms with Crippen LogP contribution in [-0.2, 0) is 14.6 Å². The van der Waals surface area contributed by atoms with Gasteiger partial charge in [0.25, 0.3) is 0 Å². The van der Waals surface area contributed by atoms with E-state index in [1.165, 1.54) is 0 Å². The van der Waals surface area contributed by atoms with E-state index in [-0.39, 0.29) is 12.5 Å². The van der Waals surface area contributed by atoms with Gasteiger partial charge in [-0.05, 0) is 19.3 Å². The smallest absolute Gasteiger partial charge is 0.362 e. The molecular weight excluding hydrogens is 292 g/mol. The van der Waals surface area contributed by atoms with Crippen molar-refractivity contribution in [2.45, 2.75) is 46.5 Å². The molecule has 1 aliphatic heterocycles. The molecule has 1 unspecified atom stereocenters. The van der Waals surface area contributed by atoms with E-state index in [1.807, 2.05) is 6.92 Å². The highest BCUT2D eigenvalue weighted by atomic mass is 32.3. The van der Waals surface area contributed by atoms with Crippen LogP contribution in [0.15, 0.2) is 12.4 Å². The molecule has 0 saturated carbocycles. The molecule has 0 saturated heterocycles. The number of nitrogens with zero attached hydrogens (tertiary/aromatic N) is 2. The van der Waals surface area contributed by atoms with E-state index >= 15 is 0 Å². The summed E-state index contributed by atoms with van der Waals surface area (Å²) in [6, 6.07) is 0. The summed E-state index contributed by atoms with van der Waals surface area (Å²) in [5.74, 6) is 0.224. The van der Waals surface area contributed by atoms with E-state index in [2.05, 4.69) is 47.3 Å². The first kappa shape index (κ1) is 20.2. The summed E-state index contributed by atoms with van der Waals surface area (Å²) in [5.41, 5.74) is 0. The van der Waals surface area contributed by atoms with Crippen molar-refractivity contribution in [1.82, 2.24) is 9.80 Å². The van der Waals surface area contributed by atoms with Crippen LogP contribution in [0.2, 0.25) is 0 Å². The maximum absolute atomic E-state index is 10.3. The molecule has 7 heteroatoms. The normalized spacial score (nSPS) is 15.9. The van der Waals surface area contributed by atoms with E-state index in [1.54, 1.807) is 0 Å². The van der Waals surface area contributed by atoms with Crippen molar-refractivity contribution in [2.75, 3.05) is 26.9 Å². The van der Waals surface area contributed by atoms with Crippen LogP contribution >= 0.6 is 0 Å². The van der Waals surface area contributed by atoms with Crippen LogP contribution in [-0.4, -0.2) is 49.6 Å². The zero-order valence-electron chi connectivity index (χ0n) is 13.7. The average molecular weight is 322 g/mol. The van der Waals surface area contributed by atoms with Crippen molar-refractivity contribution in [3.8, 4) is 0 Å². The highest BCUT2D eigenvalue weighted by molar-refractivity contribution is 7.80. The van der Waals surface area contributed by atoms with Gasteiger partial charge in [-0.25, -0.2) is 4.18 Å². The Kier molecular flexibility index (Phi) is 10.5. The van der Waals surface area contributed by atoms with Crippen molar-refractivity contribution in [2.24, 2.45) is 5.92 Å². The lowest BCUT2D eigenvalue weighted by Gasteiger charge is -2.14. The Balaban J connectivity index is 0.000000423. The van der Waals surface area contributed by atoms with Crippen LogP contribution in [0.3, 0.4) is 0 Å². The average Bonchev–Trinajstić information content (AvgIpc) is 2.84. The number of unbranched alkanes of at least 4 members (excludes halogenated alkanes) is 1. The van der Waals surface area contributed by atoms with Crippen LogP contribution in [0.25, 0.3) is 0 Å². The molecule has 0 aromatic carbocycles. The minimum atomic E-state index is -4.25. The Morgan fingerprint density at radius 3 is 2.29 bits per heavy atom. The molecule has 0 radical (unpaired) electrons. The predicted octanol–water partition coefficient (Wildman–Crippen LogP) is 2.70. The second-order valence-corrected chi connectivity index (χ2v) is 6.32. The van der Waals surface area contributed by atoms with Crippen LogP contribution in [0.4, 0.5) is 0 Å². The molecule has 1 N–H and O–H groups in total. The molecule has 1 atom stereocenters. The number of rotatable bonds is 8. The molecule has 126 valence electrons. The van der Waals surface area contributed by atoms with Gasteiger partial charge in [0.15, 0.2) is 0 Å². The topological polar surface area (TPSA) is 70.1 Å². The molecular formula is C14H30N2O4S. The first-order valence-electron chi connectivity index (χ1n) is 7.56. The number of hydrogen-bond donors (Lipinski definition) is 1. The van der Waals surface area contributed by atoms with Gasteiger partial charge in [0, 0.05) is 26.0 Å². The molecule has 0 amide bonds. The van der Waals surface area contributed by atoms with E-state index in [9.17, 15) is 8.42 Å². The van der Waals surface area contributed by atoms with Crippen LogP contribution in [0.5, 0.6) is 0 Å². The maximum Gasteiger partial charge on any atom is 0.397 e. The lowest BCUT2D eigenvalue weighted by atomic mass is 10.0. The highest BCUT2D eigenvalue weighted by Crippen LogP contribution is 2.13. The van der Waals surface area contributed by atoms with Gasteiger partial charge in [0.2, 0.25) is 0 Å². The Labute approximate surface area is 129 Å². The summed E-state index contributed by atoms with van der Waals surface area (Å²) in [5, 5.41) is 0. The third-order valence-corrected chi connectivity index (χ3v) is 3.77. The molecule has 6 nitrogen and oxygen atoms in total. The molecule has 0 fully saturated rings. The predicted molar refractivity (Wildman–Crippen MR) is 85.0 cm³/mol. The molecule has 1 rings (SSSR count). The van der Waals surface area contributed by atoms with Gasteiger partial charge in [-0.15, -0.1) is 0 Å². The summed E-state index contributed by atoms with van der Waals surface area (Å²) >= 11 is 0. The Bertz CT molecular complexity index is 384. The summed E-state index contributed by atoms with van der Waals surface area (Å²) in [4.78, 5) is 4.41. The van der Waals surface area contributed by atoms with Crippen LogP contribution in [0.1, 0.15) is 46.5 Å². The van der Waals surface area contributed by atoms with E-state index < -0.39 is 10.4 Å². The first-order chi connectivity index (χ1) is 9.82. The first-order valence-corrected chi connectivity index (χ1v) is 8.93. The lowest BCUT2D eigenvalue weighted by molar-refractivity contribution is 0.211. The molecule has 1 aliphatic rings. The van der Waals surface area contributed by atoms with E-state index in [4.69, 9.17) is 4.55 Å². The molecule has 0 aromatic heterocycles. The zero-order valence-corrected chi connectivity index (χ0v) is 14.5. The minimum absolute atomic E-state index is 0.0926. The SMILES string of the molecule is CCCCC(CC)COS(=O)(=O)O.CCN1C=CN(C)C1. The highest BCUT2D eigenvalue weighted by Gasteiger charge is 2.11. The minimum Gasteiger partial charge on any atom is -0.362 e. The fourth-order valence-corrected chi connectivity index (χ4v) is 2.24. The maximum atomic E-state index is 10.3. The van der Waals surface area contributed by atoms with Crippen molar-refractivity contribution in [1.29, 1.82) is 0 Å². The second kappa shape index (κ2) is 10.9. The molecule has 0 aliphatic carbocycles. The second-order valence-electron chi connectivity index (χ2n) is 5.23. The van der Waals surface area contributed by atoms with Crippen molar-refractivity contribution >= 4 is 10.4 Å². The van der Waals surface area contributed by atoms with Crippen molar-refractivity contribution < 1.29 is 17.2 Å². The standard InChI is InChI=1S/C8H18O4S.C6H12N2/c1-3-5-6-8(4-2)7-12-13(9,10)11;1-3-8-5-4-7(2)6-8/h8H,3-7H2,1-2H3,(H,9,10,11);4-5H,3,6H2,1-2H3. The van der Waals surface area contributed by atoms with Gasteiger partial charge in [-0.2, -0.15) is 8.42 Å². The van der Waals surface area contributed by atoms with Gasteiger partial charge in [0.1, 0.15) is 0 Å². The molecule has 0 bridgehead atoms. The van der Waals surface area contributed by atoms with Crippen molar-refractivity contribution in [3.05, 3.63) is 12.4 Å². The van der Waals surface area contributed by atoms with Gasteiger partial charge < -0.3 is 9.80 Å². The Morgan fingerprint density at radius 2 is 1.95 bits per heavy atom. The quantitative estimate of drug-likeness (QED) is 0.693. The number of hydrogen-bond acceptors (Lipinski definition) is 5. The summed E-state index contributed by atoms with van der Waals surface area (Å²) in [7, 11) is -2.18. The fraction of sp³-hybridized carbons (Fsp3) is 0.857. The summed E-state index contributed by atoms with van der Waals surface area (Å²) in [6.45, 7) is 8.47. The van der Waals surface area contributed by atoms with Crippen LogP contribution < -0.4 is 0 Å². The molecule has 1 heterocycles. The van der Waals surface area contributed by atoms with Crippen molar-refractivity contribution in [3.63, 3.8) is 0 Å². The largest absolute Gasteiger partial charge is 0.397 e. The lowest BCUT2D eigenvalue weighted by Crippen LogP contribution is -2.21. The van der Waals surface area contributed by atoms with Gasteiger partial charge >= 0.3 is 10.4 Å². The van der Waals surface area contributed by atoms with E-state index in [0.717, 1.165) is 38.9 Å². The third-order valence-electron chi connectivity index (χ3n) is 3.34. The van der Waals surface area contributed by atoms with E-state index in [0.29, 0.717) is 0 Å². The molecule has 0 spiro atoms. The monoisotopic (exact) mass is 322 g/mol. The fourth-order valence-electron chi connectivity index (χ4n) is 1.87. The summed E-state index contributed by atoms with van der Waals surface area (Å²) < 4.78 is 33.2. The Morgan fingerprint density at radius 1 is 1.29 bits per heavy atom. The van der Waals surface area contributed by atoms with Gasteiger partial charge in [-0.1, -0.05) is 33.1 Å². The zero-order chi connectivity index (χ0) is 16.3. The Hall–Kier alpha value is -0.790. The third kappa shape index (κ3) is 11.5. The van der Waals surface area contributed by atoms with Crippen LogP contribution in [0, 0.1) is 5.92 Å².